The van der Waals surface area contributed by atoms with Gasteiger partial charge in [-0.25, -0.2) is 0 Å². The predicted molar refractivity (Wildman–Crippen MR) is 84.3 cm³/mol. The van der Waals surface area contributed by atoms with Crippen LogP contribution in [0.4, 0.5) is 0 Å². The molecule has 1 atom stereocenters. The van der Waals surface area contributed by atoms with E-state index in [0.29, 0.717) is 19.1 Å². The van der Waals surface area contributed by atoms with E-state index in [1.807, 2.05) is 13.8 Å². The number of carbonyl (C=O) groups excluding carboxylic acids is 2. The molecule has 2 aliphatic rings. The van der Waals surface area contributed by atoms with Crippen LogP contribution in [0.25, 0.3) is 0 Å². The Bertz CT molecular complexity index is 405. The van der Waals surface area contributed by atoms with Crippen LogP contribution >= 0.6 is 0 Å². The van der Waals surface area contributed by atoms with Gasteiger partial charge in [-0.1, -0.05) is 26.7 Å². The molecule has 0 aromatic carbocycles. The summed E-state index contributed by atoms with van der Waals surface area (Å²) in [6.45, 7) is 5.73. The minimum absolute atomic E-state index is 0.0192. The maximum Gasteiger partial charge on any atom is 0.237 e. The molecule has 0 radical (unpaired) electrons. The van der Waals surface area contributed by atoms with Gasteiger partial charge in [-0.15, -0.1) is 0 Å². The van der Waals surface area contributed by atoms with Crippen molar-refractivity contribution in [2.75, 3.05) is 26.2 Å². The Morgan fingerprint density at radius 2 is 2.09 bits per heavy atom. The molecule has 0 unspecified atom stereocenters. The second-order valence-corrected chi connectivity index (χ2v) is 7.29. The number of carbonyl (C=O) groups is 2. The standard InChI is InChI=1S/C16H29N3O3/c1-16(2,11-20)10-18-14(21)9-13-15(22)17-7-8-19(13)12-5-3-4-6-12/h12-13,20H,3-11H2,1-2H3,(H,17,22)(H,18,21)/t13-/m0/s1. The fourth-order valence-electron chi connectivity index (χ4n) is 3.26. The third-order valence-electron chi connectivity index (χ3n) is 4.74. The molecule has 6 heteroatoms. The highest BCUT2D eigenvalue weighted by molar-refractivity contribution is 5.88. The van der Waals surface area contributed by atoms with E-state index in [4.69, 9.17) is 0 Å². The monoisotopic (exact) mass is 311 g/mol. The second-order valence-electron chi connectivity index (χ2n) is 7.29. The molecular formula is C16H29N3O3. The molecule has 0 bridgehead atoms. The minimum atomic E-state index is -0.353. The molecule has 0 aromatic rings. The van der Waals surface area contributed by atoms with Crippen molar-refractivity contribution in [3.8, 4) is 0 Å². The van der Waals surface area contributed by atoms with Crippen molar-refractivity contribution >= 4 is 11.8 Å². The summed E-state index contributed by atoms with van der Waals surface area (Å²) < 4.78 is 0. The lowest BCUT2D eigenvalue weighted by Crippen LogP contribution is -2.59. The number of nitrogens with one attached hydrogen (secondary N) is 2. The molecule has 0 aromatic heterocycles. The molecule has 0 spiro atoms. The van der Waals surface area contributed by atoms with Gasteiger partial charge in [0.1, 0.15) is 0 Å². The van der Waals surface area contributed by atoms with Gasteiger partial charge in [-0.2, -0.15) is 0 Å². The van der Waals surface area contributed by atoms with Crippen molar-refractivity contribution in [1.29, 1.82) is 0 Å². The summed E-state index contributed by atoms with van der Waals surface area (Å²) in [6, 6.07) is 0.0896. The topological polar surface area (TPSA) is 81.7 Å². The number of nitrogens with zero attached hydrogens (tertiary/aromatic N) is 1. The number of piperazine rings is 1. The zero-order valence-electron chi connectivity index (χ0n) is 13.7. The number of aliphatic hydroxyl groups is 1. The summed E-state index contributed by atoms with van der Waals surface area (Å²) in [5.74, 6) is -0.152. The van der Waals surface area contributed by atoms with Gasteiger partial charge in [0, 0.05) is 37.7 Å². The molecule has 1 aliphatic carbocycles. The molecule has 1 aliphatic heterocycles. The van der Waals surface area contributed by atoms with Gasteiger partial charge in [-0.05, 0) is 12.8 Å². The lowest BCUT2D eigenvalue weighted by molar-refractivity contribution is -0.135. The largest absolute Gasteiger partial charge is 0.396 e. The van der Waals surface area contributed by atoms with E-state index in [1.165, 1.54) is 12.8 Å². The number of rotatable bonds is 6. The molecule has 1 saturated carbocycles. The normalized spacial score (nSPS) is 24.3. The first kappa shape index (κ1) is 17.2. The van der Waals surface area contributed by atoms with E-state index in [0.717, 1.165) is 19.4 Å². The Kier molecular flexibility index (Phi) is 5.81. The molecule has 2 fully saturated rings. The van der Waals surface area contributed by atoms with Crippen LogP contribution in [0.1, 0.15) is 46.0 Å². The Morgan fingerprint density at radius 1 is 1.41 bits per heavy atom. The van der Waals surface area contributed by atoms with Crippen molar-refractivity contribution in [2.45, 2.75) is 58.0 Å². The molecular weight excluding hydrogens is 282 g/mol. The average molecular weight is 311 g/mol. The van der Waals surface area contributed by atoms with E-state index < -0.39 is 0 Å². The number of aliphatic hydroxyl groups excluding tert-OH is 1. The molecule has 126 valence electrons. The van der Waals surface area contributed by atoms with Crippen molar-refractivity contribution < 1.29 is 14.7 Å². The van der Waals surface area contributed by atoms with Gasteiger partial charge in [-0.3, -0.25) is 14.5 Å². The van der Waals surface area contributed by atoms with Crippen LogP contribution in [0.5, 0.6) is 0 Å². The second kappa shape index (κ2) is 7.42. The minimum Gasteiger partial charge on any atom is -0.396 e. The average Bonchev–Trinajstić information content (AvgIpc) is 3.01. The molecule has 6 nitrogen and oxygen atoms in total. The number of amides is 2. The molecule has 22 heavy (non-hydrogen) atoms. The summed E-state index contributed by atoms with van der Waals surface area (Å²) in [7, 11) is 0. The third kappa shape index (κ3) is 4.43. The fraction of sp³-hybridized carbons (Fsp3) is 0.875. The summed E-state index contributed by atoms with van der Waals surface area (Å²) in [6.07, 6.45) is 4.88. The first-order valence-electron chi connectivity index (χ1n) is 8.34. The Morgan fingerprint density at radius 3 is 2.73 bits per heavy atom. The van der Waals surface area contributed by atoms with E-state index in [-0.39, 0.29) is 36.3 Å². The maximum atomic E-state index is 12.2. The molecule has 1 heterocycles. The van der Waals surface area contributed by atoms with E-state index >= 15 is 0 Å². The SMILES string of the molecule is CC(C)(CO)CNC(=O)C[C@H]1C(=O)NCCN1C1CCCC1. The predicted octanol–water partition coefficient (Wildman–Crippen LogP) is 0.254. The molecule has 1 saturated heterocycles. The zero-order valence-corrected chi connectivity index (χ0v) is 13.7. The van der Waals surface area contributed by atoms with Crippen LogP contribution in [0.15, 0.2) is 0 Å². The Labute approximate surface area is 132 Å². The fourth-order valence-corrected chi connectivity index (χ4v) is 3.26. The van der Waals surface area contributed by atoms with E-state index in [1.54, 1.807) is 0 Å². The summed E-state index contributed by atoms with van der Waals surface area (Å²) >= 11 is 0. The van der Waals surface area contributed by atoms with Crippen molar-refractivity contribution in [3.63, 3.8) is 0 Å². The van der Waals surface area contributed by atoms with Crippen molar-refractivity contribution in [3.05, 3.63) is 0 Å². The van der Waals surface area contributed by atoms with Crippen LogP contribution < -0.4 is 10.6 Å². The van der Waals surface area contributed by atoms with E-state index in [9.17, 15) is 14.7 Å². The highest BCUT2D eigenvalue weighted by Gasteiger charge is 2.36. The van der Waals surface area contributed by atoms with Crippen molar-refractivity contribution in [2.24, 2.45) is 5.41 Å². The van der Waals surface area contributed by atoms with Crippen molar-refractivity contribution in [1.82, 2.24) is 15.5 Å². The van der Waals surface area contributed by atoms with Crippen LogP contribution in [-0.2, 0) is 9.59 Å². The zero-order chi connectivity index (χ0) is 16.2. The smallest absolute Gasteiger partial charge is 0.237 e. The van der Waals surface area contributed by atoms with Crippen LogP contribution in [0, 0.1) is 5.41 Å². The number of hydrogen-bond donors (Lipinski definition) is 3. The first-order chi connectivity index (χ1) is 10.4. The highest BCUT2D eigenvalue weighted by atomic mass is 16.3. The van der Waals surface area contributed by atoms with Crippen LogP contribution in [0.3, 0.4) is 0 Å². The maximum absolute atomic E-state index is 12.2. The third-order valence-corrected chi connectivity index (χ3v) is 4.74. The molecule has 2 rings (SSSR count). The Hall–Kier alpha value is -1.14. The quantitative estimate of drug-likeness (QED) is 0.657. The highest BCUT2D eigenvalue weighted by Crippen LogP contribution is 2.26. The van der Waals surface area contributed by atoms with Gasteiger partial charge in [0.15, 0.2) is 0 Å². The summed E-state index contributed by atoms with van der Waals surface area (Å²) in [5, 5.41) is 15.0. The van der Waals surface area contributed by atoms with Crippen LogP contribution in [0.2, 0.25) is 0 Å². The van der Waals surface area contributed by atoms with Crippen LogP contribution in [-0.4, -0.2) is 60.1 Å². The first-order valence-corrected chi connectivity index (χ1v) is 8.34. The van der Waals surface area contributed by atoms with Gasteiger partial charge in [0.2, 0.25) is 11.8 Å². The van der Waals surface area contributed by atoms with Gasteiger partial charge in [0.05, 0.1) is 12.5 Å². The van der Waals surface area contributed by atoms with E-state index in [2.05, 4.69) is 15.5 Å². The van der Waals surface area contributed by atoms with Gasteiger partial charge >= 0.3 is 0 Å². The summed E-state index contributed by atoms with van der Waals surface area (Å²) in [4.78, 5) is 26.6. The lowest BCUT2D eigenvalue weighted by atomic mass is 9.95. The van der Waals surface area contributed by atoms with Gasteiger partial charge in [0.25, 0.3) is 0 Å². The number of hydrogen-bond acceptors (Lipinski definition) is 4. The molecule has 3 N–H and O–H groups in total. The lowest BCUT2D eigenvalue weighted by Gasteiger charge is -2.39. The summed E-state index contributed by atoms with van der Waals surface area (Å²) in [5.41, 5.74) is -0.338. The molecule has 2 amide bonds. The Balaban J connectivity index is 1.91. The van der Waals surface area contributed by atoms with Gasteiger partial charge < -0.3 is 15.7 Å².